The molecule has 1 fully saturated rings. The standard InChI is InChI=1S/C20H25N5O3S/c1-14(26)21-19-22-25(15(2)27)20(29-19)16-8-4-5-9-17(16)24(18(20)28)13-12-23-10-6-3-7-11-23/h4-5,8-9H,3,6-7,10-13H2,1-2H3,(H,21,22,26). The van der Waals surface area contributed by atoms with E-state index in [-0.39, 0.29) is 22.9 Å². The Morgan fingerprint density at radius 3 is 2.55 bits per heavy atom. The minimum Gasteiger partial charge on any atom is -0.308 e. The fourth-order valence-corrected chi connectivity index (χ4v) is 5.54. The molecular formula is C20H25N5O3S. The maximum absolute atomic E-state index is 13.7. The maximum Gasteiger partial charge on any atom is 0.270 e. The molecule has 0 aliphatic carbocycles. The molecule has 29 heavy (non-hydrogen) atoms. The van der Waals surface area contributed by atoms with Gasteiger partial charge in [0.2, 0.25) is 16.7 Å². The van der Waals surface area contributed by atoms with Crippen LogP contribution in [0.5, 0.6) is 0 Å². The molecule has 1 aromatic rings. The molecule has 1 aromatic carbocycles. The first kappa shape index (κ1) is 19.9. The first-order valence-electron chi connectivity index (χ1n) is 9.93. The van der Waals surface area contributed by atoms with Crippen LogP contribution in [0.3, 0.4) is 0 Å². The summed E-state index contributed by atoms with van der Waals surface area (Å²) in [4.78, 5) is 40.5. The summed E-state index contributed by atoms with van der Waals surface area (Å²) in [5.74, 6) is -0.837. The van der Waals surface area contributed by atoms with Crippen molar-refractivity contribution in [2.75, 3.05) is 31.1 Å². The van der Waals surface area contributed by atoms with Gasteiger partial charge in [0, 0.05) is 32.5 Å². The van der Waals surface area contributed by atoms with E-state index in [1.165, 1.54) is 38.1 Å². The van der Waals surface area contributed by atoms with Gasteiger partial charge in [0.25, 0.3) is 5.91 Å². The molecule has 1 spiro atoms. The SMILES string of the molecule is CC(=O)NC1=NN(C(C)=O)C2(S1)C(=O)N(CCN1CCCCC1)c1ccccc12. The summed E-state index contributed by atoms with van der Waals surface area (Å²) in [7, 11) is 0. The number of carbonyl (C=O) groups is 3. The van der Waals surface area contributed by atoms with E-state index >= 15 is 0 Å². The highest BCUT2D eigenvalue weighted by Gasteiger charge is 2.60. The van der Waals surface area contributed by atoms with Gasteiger partial charge in [-0.1, -0.05) is 24.6 Å². The Labute approximate surface area is 174 Å². The zero-order valence-corrected chi connectivity index (χ0v) is 17.5. The second-order valence-electron chi connectivity index (χ2n) is 7.54. The highest BCUT2D eigenvalue weighted by molar-refractivity contribution is 8.15. The molecule has 0 bridgehead atoms. The lowest BCUT2D eigenvalue weighted by Gasteiger charge is -2.31. The van der Waals surface area contributed by atoms with Gasteiger partial charge in [0.15, 0.2) is 5.17 Å². The number of fused-ring (bicyclic) bond motifs is 2. The molecule has 4 rings (SSSR count). The lowest BCUT2D eigenvalue weighted by molar-refractivity contribution is -0.139. The number of benzene rings is 1. The molecule has 0 aromatic heterocycles. The third-order valence-electron chi connectivity index (χ3n) is 5.50. The Hall–Kier alpha value is -2.39. The van der Waals surface area contributed by atoms with Crippen LogP contribution in [-0.4, -0.2) is 59.0 Å². The van der Waals surface area contributed by atoms with Crippen molar-refractivity contribution in [3.05, 3.63) is 29.8 Å². The zero-order valence-electron chi connectivity index (χ0n) is 16.7. The summed E-state index contributed by atoms with van der Waals surface area (Å²) < 4.78 is 0. The van der Waals surface area contributed by atoms with Crippen LogP contribution < -0.4 is 10.2 Å². The summed E-state index contributed by atoms with van der Waals surface area (Å²) in [5, 5.41) is 8.37. The van der Waals surface area contributed by atoms with E-state index < -0.39 is 4.87 Å². The number of nitrogens with one attached hydrogen (secondary N) is 1. The summed E-state index contributed by atoms with van der Waals surface area (Å²) >= 11 is 1.12. The molecule has 154 valence electrons. The number of hydrogen-bond donors (Lipinski definition) is 1. The van der Waals surface area contributed by atoms with Crippen molar-refractivity contribution in [2.24, 2.45) is 5.10 Å². The lowest BCUT2D eigenvalue weighted by atomic mass is 10.1. The predicted molar refractivity (Wildman–Crippen MR) is 112 cm³/mol. The minimum atomic E-state index is -1.30. The highest BCUT2D eigenvalue weighted by atomic mass is 32.2. The van der Waals surface area contributed by atoms with Gasteiger partial charge < -0.3 is 15.1 Å². The van der Waals surface area contributed by atoms with E-state index in [0.29, 0.717) is 6.54 Å². The Kier molecular flexibility index (Phi) is 5.35. The summed E-state index contributed by atoms with van der Waals surface area (Å²) in [5.41, 5.74) is 1.53. The van der Waals surface area contributed by atoms with Gasteiger partial charge in [0.05, 0.1) is 5.69 Å². The van der Waals surface area contributed by atoms with Gasteiger partial charge >= 0.3 is 0 Å². The van der Waals surface area contributed by atoms with Gasteiger partial charge in [0.1, 0.15) is 0 Å². The van der Waals surface area contributed by atoms with Crippen molar-refractivity contribution in [3.8, 4) is 0 Å². The monoisotopic (exact) mass is 415 g/mol. The number of amidine groups is 1. The van der Waals surface area contributed by atoms with Gasteiger partial charge in [-0.2, -0.15) is 5.01 Å². The van der Waals surface area contributed by atoms with E-state index in [1.54, 1.807) is 4.90 Å². The topological polar surface area (TPSA) is 85.3 Å². The molecule has 1 N–H and O–H groups in total. The number of amides is 3. The largest absolute Gasteiger partial charge is 0.308 e. The molecule has 9 heteroatoms. The third-order valence-corrected chi connectivity index (χ3v) is 6.74. The van der Waals surface area contributed by atoms with E-state index in [2.05, 4.69) is 15.3 Å². The van der Waals surface area contributed by atoms with Crippen molar-refractivity contribution in [2.45, 2.75) is 38.0 Å². The Morgan fingerprint density at radius 1 is 1.14 bits per heavy atom. The molecule has 1 atom stereocenters. The first-order chi connectivity index (χ1) is 13.9. The molecular weight excluding hydrogens is 390 g/mol. The van der Waals surface area contributed by atoms with Crippen LogP contribution >= 0.6 is 11.8 Å². The number of para-hydroxylation sites is 1. The number of carbonyl (C=O) groups excluding carboxylic acids is 3. The average molecular weight is 416 g/mol. The van der Waals surface area contributed by atoms with Crippen LogP contribution in [0, 0.1) is 0 Å². The maximum atomic E-state index is 13.7. The second kappa shape index (κ2) is 7.79. The molecule has 3 aliphatic heterocycles. The van der Waals surface area contributed by atoms with E-state index in [4.69, 9.17) is 0 Å². The van der Waals surface area contributed by atoms with Crippen LogP contribution in [0.15, 0.2) is 29.4 Å². The highest BCUT2D eigenvalue weighted by Crippen LogP contribution is 2.54. The number of likely N-dealkylation sites (tertiary alicyclic amines) is 1. The van der Waals surface area contributed by atoms with Crippen LogP contribution in [0.4, 0.5) is 5.69 Å². The Morgan fingerprint density at radius 2 is 1.86 bits per heavy atom. The summed E-state index contributed by atoms with van der Waals surface area (Å²) in [6.45, 7) is 6.22. The minimum absolute atomic E-state index is 0.194. The smallest absolute Gasteiger partial charge is 0.270 e. The van der Waals surface area contributed by atoms with Gasteiger partial charge in [-0.05, 0) is 43.8 Å². The van der Waals surface area contributed by atoms with Crippen molar-refractivity contribution in [3.63, 3.8) is 0 Å². The van der Waals surface area contributed by atoms with E-state index in [9.17, 15) is 14.4 Å². The summed E-state index contributed by atoms with van der Waals surface area (Å²) in [6, 6.07) is 7.53. The van der Waals surface area contributed by atoms with Crippen LogP contribution in [-0.2, 0) is 19.3 Å². The fraction of sp³-hybridized carbons (Fsp3) is 0.500. The molecule has 1 unspecified atom stereocenters. The molecule has 0 radical (unpaired) electrons. The van der Waals surface area contributed by atoms with E-state index in [0.717, 1.165) is 42.6 Å². The summed E-state index contributed by atoms with van der Waals surface area (Å²) in [6.07, 6.45) is 3.64. The third kappa shape index (κ3) is 3.42. The number of anilines is 1. The lowest BCUT2D eigenvalue weighted by Crippen LogP contribution is -2.50. The number of hydrazone groups is 1. The number of rotatable bonds is 3. The van der Waals surface area contributed by atoms with Gasteiger partial charge in [-0.25, -0.2) is 0 Å². The quantitative estimate of drug-likeness (QED) is 0.812. The van der Waals surface area contributed by atoms with E-state index in [1.807, 2.05) is 24.3 Å². The average Bonchev–Trinajstić information content (AvgIpc) is 3.18. The normalized spacial score (nSPS) is 24.1. The van der Waals surface area contributed by atoms with Crippen molar-refractivity contribution >= 4 is 40.3 Å². The molecule has 3 amide bonds. The number of nitrogens with zero attached hydrogens (tertiary/aromatic N) is 4. The van der Waals surface area contributed by atoms with Crippen molar-refractivity contribution in [1.82, 2.24) is 15.2 Å². The predicted octanol–water partition coefficient (Wildman–Crippen LogP) is 1.67. The second-order valence-corrected chi connectivity index (χ2v) is 8.72. The van der Waals surface area contributed by atoms with Gasteiger partial charge in [-0.3, -0.25) is 14.4 Å². The molecule has 1 saturated heterocycles. The van der Waals surface area contributed by atoms with Gasteiger partial charge in [-0.15, -0.1) is 5.10 Å². The van der Waals surface area contributed by atoms with Crippen molar-refractivity contribution in [1.29, 1.82) is 0 Å². The zero-order chi connectivity index (χ0) is 20.6. The molecule has 8 nitrogen and oxygen atoms in total. The number of thioether (sulfide) groups is 1. The Bertz CT molecular complexity index is 883. The van der Waals surface area contributed by atoms with Crippen molar-refractivity contribution < 1.29 is 14.4 Å². The van der Waals surface area contributed by atoms with Crippen LogP contribution in [0.1, 0.15) is 38.7 Å². The molecule has 3 heterocycles. The molecule has 0 saturated carbocycles. The fourth-order valence-electron chi connectivity index (χ4n) is 4.21. The first-order valence-corrected chi connectivity index (χ1v) is 10.7. The van der Waals surface area contributed by atoms with Crippen LogP contribution in [0.2, 0.25) is 0 Å². The number of hydrogen-bond acceptors (Lipinski definition) is 6. The number of piperidine rings is 1. The molecule has 3 aliphatic rings. The van der Waals surface area contributed by atoms with Crippen LogP contribution in [0.25, 0.3) is 0 Å². The Balaban J connectivity index is 1.66.